The standard InChI is InChI=1S/C19H30N4O2/c1-20-14-17(24)23-13-5-10-19(15-23,18(25)22(2)3)9-4-6-16-7-11-21-12-8-16/h7-8,11-12,20H,4-6,9-10,13-15H2,1-3H3. The molecule has 0 radical (unpaired) electrons. The van der Waals surface area contributed by atoms with E-state index in [0.29, 0.717) is 13.1 Å². The van der Waals surface area contributed by atoms with Gasteiger partial charge in [-0.25, -0.2) is 0 Å². The van der Waals surface area contributed by atoms with Crippen molar-refractivity contribution < 1.29 is 9.59 Å². The molecule has 2 rings (SSSR count). The van der Waals surface area contributed by atoms with Gasteiger partial charge < -0.3 is 15.1 Å². The summed E-state index contributed by atoms with van der Waals surface area (Å²) in [6.07, 6.45) is 7.99. The van der Waals surface area contributed by atoms with E-state index >= 15 is 0 Å². The molecule has 1 unspecified atom stereocenters. The van der Waals surface area contributed by atoms with E-state index in [4.69, 9.17) is 0 Å². The summed E-state index contributed by atoms with van der Waals surface area (Å²) in [5.41, 5.74) is 0.777. The average Bonchev–Trinajstić information content (AvgIpc) is 2.62. The van der Waals surface area contributed by atoms with Crippen LogP contribution >= 0.6 is 0 Å². The molecule has 1 N–H and O–H groups in total. The Labute approximate surface area is 150 Å². The first-order chi connectivity index (χ1) is 12.0. The second-order valence-corrected chi connectivity index (χ2v) is 7.14. The Morgan fingerprint density at radius 3 is 2.68 bits per heavy atom. The number of hydrogen-bond donors (Lipinski definition) is 1. The number of aryl methyl sites for hydroxylation is 1. The van der Waals surface area contributed by atoms with Gasteiger partial charge in [0, 0.05) is 39.6 Å². The third-order valence-corrected chi connectivity index (χ3v) is 4.99. The van der Waals surface area contributed by atoms with Crippen molar-refractivity contribution >= 4 is 11.8 Å². The fraction of sp³-hybridized carbons (Fsp3) is 0.632. The van der Waals surface area contributed by atoms with Crippen LogP contribution in [0.1, 0.15) is 31.2 Å². The fourth-order valence-corrected chi connectivity index (χ4v) is 3.75. The summed E-state index contributed by atoms with van der Waals surface area (Å²) < 4.78 is 0. The number of aromatic nitrogens is 1. The SMILES string of the molecule is CNCC(=O)N1CCCC(CCCc2ccncc2)(C(=O)N(C)C)C1. The summed E-state index contributed by atoms with van der Waals surface area (Å²) in [4.78, 5) is 32.8. The minimum Gasteiger partial charge on any atom is -0.348 e. The largest absolute Gasteiger partial charge is 0.348 e. The van der Waals surface area contributed by atoms with Crippen LogP contribution in [0.25, 0.3) is 0 Å². The zero-order valence-corrected chi connectivity index (χ0v) is 15.6. The molecule has 0 spiro atoms. The first kappa shape index (κ1) is 19.4. The van der Waals surface area contributed by atoms with Gasteiger partial charge in [-0.15, -0.1) is 0 Å². The highest BCUT2D eigenvalue weighted by molar-refractivity contribution is 5.84. The molecule has 6 heteroatoms. The van der Waals surface area contributed by atoms with Crippen LogP contribution in [0, 0.1) is 5.41 Å². The maximum atomic E-state index is 13.0. The Bertz CT molecular complexity index is 576. The Kier molecular flexibility index (Phi) is 6.93. The minimum absolute atomic E-state index is 0.0762. The van der Waals surface area contributed by atoms with Gasteiger partial charge in [0.1, 0.15) is 0 Å². The molecule has 138 valence electrons. The Morgan fingerprint density at radius 2 is 2.04 bits per heavy atom. The molecule has 1 saturated heterocycles. The lowest BCUT2D eigenvalue weighted by Crippen LogP contribution is -2.54. The molecule has 0 aromatic carbocycles. The molecule has 2 heterocycles. The number of rotatable bonds is 7. The quantitative estimate of drug-likeness (QED) is 0.809. The Morgan fingerprint density at radius 1 is 1.32 bits per heavy atom. The number of piperidine rings is 1. The van der Waals surface area contributed by atoms with Crippen molar-refractivity contribution in [1.82, 2.24) is 20.1 Å². The molecule has 1 aromatic rings. The number of carbonyl (C=O) groups is 2. The number of pyridine rings is 1. The number of carbonyl (C=O) groups excluding carboxylic acids is 2. The number of likely N-dealkylation sites (tertiary alicyclic amines) is 1. The van der Waals surface area contributed by atoms with Crippen LogP contribution in [0.3, 0.4) is 0 Å². The van der Waals surface area contributed by atoms with E-state index in [1.165, 1.54) is 5.56 Å². The molecular weight excluding hydrogens is 316 g/mol. The summed E-state index contributed by atoms with van der Waals surface area (Å²) >= 11 is 0. The second-order valence-electron chi connectivity index (χ2n) is 7.14. The summed E-state index contributed by atoms with van der Waals surface area (Å²) in [5, 5.41) is 2.92. The molecule has 25 heavy (non-hydrogen) atoms. The van der Waals surface area contributed by atoms with E-state index in [-0.39, 0.29) is 11.8 Å². The van der Waals surface area contributed by atoms with E-state index in [1.807, 2.05) is 17.0 Å². The number of hydrogen-bond acceptors (Lipinski definition) is 4. The lowest BCUT2D eigenvalue weighted by atomic mass is 9.74. The van der Waals surface area contributed by atoms with Crippen LogP contribution in [0.15, 0.2) is 24.5 Å². The molecule has 1 fully saturated rings. The van der Waals surface area contributed by atoms with Gasteiger partial charge in [0.2, 0.25) is 11.8 Å². The van der Waals surface area contributed by atoms with Crippen LogP contribution < -0.4 is 5.32 Å². The predicted octanol–water partition coefficient (Wildman–Crippen LogP) is 1.32. The zero-order valence-electron chi connectivity index (χ0n) is 15.6. The molecule has 1 aromatic heterocycles. The molecule has 1 aliphatic heterocycles. The van der Waals surface area contributed by atoms with E-state index in [0.717, 1.165) is 38.6 Å². The third-order valence-electron chi connectivity index (χ3n) is 4.99. The lowest BCUT2D eigenvalue weighted by Gasteiger charge is -2.43. The van der Waals surface area contributed by atoms with Gasteiger partial charge in [0.05, 0.1) is 12.0 Å². The van der Waals surface area contributed by atoms with E-state index < -0.39 is 5.41 Å². The molecule has 1 atom stereocenters. The first-order valence-corrected chi connectivity index (χ1v) is 9.01. The maximum absolute atomic E-state index is 13.0. The van der Waals surface area contributed by atoms with Crippen LogP contribution in [-0.4, -0.2) is 67.4 Å². The minimum atomic E-state index is -0.460. The van der Waals surface area contributed by atoms with Crippen molar-refractivity contribution in [2.75, 3.05) is 40.8 Å². The van der Waals surface area contributed by atoms with Crippen LogP contribution in [0.2, 0.25) is 0 Å². The predicted molar refractivity (Wildman–Crippen MR) is 98.0 cm³/mol. The highest BCUT2D eigenvalue weighted by Crippen LogP contribution is 2.37. The van der Waals surface area contributed by atoms with Crippen LogP contribution in [0.5, 0.6) is 0 Å². The molecule has 1 aliphatic rings. The lowest BCUT2D eigenvalue weighted by molar-refractivity contribution is -0.147. The van der Waals surface area contributed by atoms with Crippen LogP contribution in [0.4, 0.5) is 0 Å². The molecule has 0 bridgehead atoms. The summed E-state index contributed by atoms with van der Waals surface area (Å²) in [6, 6.07) is 4.04. The summed E-state index contributed by atoms with van der Waals surface area (Å²) in [7, 11) is 5.39. The normalized spacial score (nSPS) is 20.4. The first-order valence-electron chi connectivity index (χ1n) is 9.01. The van der Waals surface area contributed by atoms with Gasteiger partial charge in [-0.1, -0.05) is 0 Å². The van der Waals surface area contributed by atoms with Gasteiger partial charge in [0.25, 0.3) is 0 Å². The molecule has 2 amide bonds. The number of nitrogens with one attached hydrogen (secondary N) is 1. The topological polar surface area (TPSA) is 65.5 Å². The van der Waals surface area contributed by atoms with Crippen molar-refractivity contribution in [1.29, 1.82) is 0 Å². The van der Waals surface area contributed by atoms with E-state index in [2.05, 4.69) is 10.3 Å². The van der Waals surface area contributed by atoms with E-state index in [9.17, 15) is 9.59 Å². The summed E-state index contributed by atoms with van der Waals surface area (Å²) in [6.45, 7) is 1.59. The Hall–Kier alpha value is -1.95. The van der Waals surface area contributed by atoms with Gasteiger partial charge in [0.15, 0.2) is 0 Å². The monoisotopic (exact) mass is 346 g/mol. The zero-order chi connectivity index (χ0) is 18.3. The van der Waals surface area contributed by atoms with E-state index in [1.54, 1.807) is 38.4 Å². The van der Waals surface area contributed by atoms with Gasteiger partial charge in [-0.3, -0.25) is 14.6 Å². The van der Waals surface area contributed by atoms with Crippen molar-refractivity contribution in [2.24, 2.45) is 5.41 Å². The number of likely N-dealkylation sites (N-methyl/N-ethyl adjacent to an activating group) is 1. The number of amides is 2. The molecule has 0 aliphatic carbocycles. The highest BCUT2D eigenvalue weighted by atomic mass is 16.2. The molecule has 6 nitrogen and oxygen atoms in total. The fourth-order valence-electron chi connectivity index (χ4n) is 3.75. The van der Waals surface area contributed by atoms with Crippen molar-refractivity contribution in [3.63, 3.8) is 0 Å². The Balaban J connectivity index is 2.08. The molecular formula is C19H30N4O2. The van der Waals surface area contributed by atoms with Crippen LogP contribution in [-0.2, 0) is 16.0 Å². The smallest absolute Gasteiger partial charge is 0.236 e. The van der Waals surface area contributed by atoms with Gasteiger partial charge in [-0.05, 0) is 56.8 Å². The number of nitrogens with zero attached hydrogens (tertiary/aromatic N) is 3. The molecule has 0 saturated carbocycles. The van der Waals surface area contributed by atoms with Gasteiger partial charge >= 0.3 is 0 Å². The second kappa shape index (κ2) is 8.94. The maximum Gasteiger partial charge on any atom is 0.236 e. The van der Waals surface area contributed by atoms with Gasteiger partial charge in [-0.2, -0.15) is 0 Å². The van der Waals surface area contributed by atoms with Crippen molar-refractivity contribution in [2.45, 2.75) is 32.1 Å². The average molecular weight is 346 g/mol. The van der Waals surface area contributed by atoms with Crippen molar-refractivity contribution in [3.8, 4) is 0 Å². The third kappa shape index (κ3) is 5.01. The van der Waals surface area contributed by atoms with Crippen molar-refractivity contribution in [3.05, 3.63) is 30.1 Å². The summed E-state index contributed by atoms with van der Waals surface area (Å²) in [5.74, 6) is 0.219. The highest BCUT2D eigenvalue weighted by Gasteiger charge is 2.43.